The van der Waals surface area contributed by atoms with Gasteiger partial charge in [0.1, 0.15) is 0 Å². The predicted molar refractivity (Wildman–Crippen MR) is 70.1 cm³/mol. The van der Waals surface area contributed by atoms with E-state index in [2.05, 4.69) is 0 Å². The molecule has 1 amide bonds. The third kappa shape index (κ3) is 3.13. The number of amides is 1. The van der Waals surface area contributed by atoms with Crippen molar-refractivity contribution in [3.63, 3.8) is 0 Å². The number of hydrogen-bond acceptors (Lipinski definition) is 3. The predicted octanol–water partition coefficient (Wildman–Crippen LogP) is 1.11. The fourth-order valence-electron chi connectivity index (χ4n) is 2.66. The quantitative estimate of drug-likeness (QED) is 0.881. The van der Waals surface area contributed by atoms with E-state index in [0.717, 1.165) is 12.1 Å². The number of benzene rings is 1. The zero-order chi connectivity index (χ0) is 14.7. The summed E-state index contributed by atoms with van der Waals surface area (Å²) in [4.78, 5) is 13.6. The van der Waals surface area contributed by atoms with Crippen molar-refractivity contribution in [2.75, 3.05) is 33.4 Å². The summed E-state index contributed by atoms with van der Waals surface area (Å²) in [5.74, 6) is -2.81. The summed E-state index contributed by atoms with van der Waals surface area (Å²) < 4.78 is 31.3. The molecule has 4 nitrogen and oxygen atoms in total. The molecule has 20 heavy (non-hydrogen) atoms. The number of halogens is 2. The molecule has 2 atom stereocenters. The summed E-state index contributed by atoms with van der Waals surface area (Å²) in [7, 11) is 1.61. The Morgan fingerprint density at radius 3 is 2.75 bits per heavy atom. The summed E-state index contributed by atoms with van der Waals surface area (Å²) >= 11 is 0. The topological polar surface area (TPSA) is 55.6 Å². The molecule has 0 bridgehead atoms. The van der Waals surface area contributed by atoms with E-state index in [1.54, 1.807) is 7.11 Å². The van der Waals surface area contributed by atoms with E-state index >= 15 is 0 Å². The Bertz CT molecular complexity index is 496. The molecule has 1 aromatic rings. The molecule has 1 heterocycles. The van der Waals surface area contributed by atoms with Crippen LogP contribution in [0.2, 0.25) is 0 Å². The van der Waals surface area contributed by atoms with Gasteiger partial charge in [-0.2, -0.15) is 0 Å². The summed E-state index contributed by atoms with van der Waals surface area (Å²) in [6, 6.07) is 3.75. The van der Waals surface area contributed by atoms with Crippen molar-refractivity contribution in [3.05, 3.63) is 35.4 Å². The smallest absolute Gasteiger partial charge is 0.222 e. The van der Waals surface area contributed by atoms with Gasteiger partial charge >= 0.3 is 0 Å². The summed E-state index contributed by atoms with van der Waals surface area (Å²) in [6.07, 6.45) is 0. The van der Waals surface area contributed by atoms with E-state index in [9.17, 15) is 13.6 Å². The maximum absolute atomic E-state index is 13.3. The lowest BCUT2D eigenvalue weighted by Gasteiger charge is -2.16. The first-order valence-corrected chi connectivity index (χ1v) is 6.48. The monoisotopic (exact) mass is 284 g/mol. The molecule has 1 aromatic carbocycles. The van der Waals surface area contributed by atoms with Crippen LogP contribution in [-0.2, 0) is 9.53 Å². The number of carbonyl (C=O) groups excluding carboxylic acids is 1. The minimum atomic E-state index is -0.902. The SMILES string of the molecule is COCCN1C[C@@H](C(N)=O)[C@H](c2ccc(F)c(F)c2)C1. The second kappa shape index (κ2) is 6.28. The highest BCUT2D eigenvalue weighted by Gasteiger charge is 2.37. The van der Waals surface area contributed by atoms with Crippen LogP contribution in [0.4, 0.5) is 8.78 Å². The number of ether oxygens (including phenoxy) is 1. The molecule has 1 aliphatic heterocycles. The van der Waals surface area contributed by atoms with Crippen LogP contribution in [0.1, 0.15) is 11.5 Å². The number of carbonyl (C=O) groups is 1. The Morgan fingerprint density at radius 2 is 2.15 bits per heavy atom. The van der Waals surface area contributed by atoms with Gasteiger partial charge in [0, 0.05) is 32.7 Å². The number of nitrogens with zero attached hydrogens (tertiary/aromatic N) is 1. The molecule has 1 saturated heterocycles. The second-order valence-corrected chi connectivity index (χ2v) is 5.04. The highest BCUT2D eigenvalue weighted by molar-refractivity contribution is 5.78. The van der Waals surface area contributed by atoms with Crippen LogP contribution >= 0.6 is 0 Å². The maximum atomic E-state index is 13.3. The van der Waals surface area contributed by atoms with Crippen molar-refractivity contribution < 1.29 is 18.3 Å². The lowest BCUT2D eigenvalue weighted by Crippen LogP contribution is -2.30. The number of methoxy groups -OCH3 is 1. The van der Waals surface area contributed by atoms with Crippen LogP contribution in [0.15, 0.2) is 18.2 Å². The summed E-state index contributed by atoms with van der Waals surface area (Å²) in [6.45, 7) is 2.33. The molecule has 0 aliphatic carbocycles. The zero-order valence-electron chi connectivity index (χ0n) is 11.3. The van der Waals surface area contributed by atoms with Crippen molar-refractivity contribution in [2.24, 2.45) is 11.7 Å². The van der Waals surface area contributed by atoms with Crippen LogP contribution in [0.3, 0.4) is 0 Å². The van der Waals surface area contributed by atoms with Gasteiger partial charge in [0.25, 0.3) is 0 Å². The molecular weight excluding hydrogens is 266 g/mol. The van der Waals surface area contributed by atoms with Crippen LogP contribution in [0.25, 0.3) is 0 Å². The third-order valence-electron chi connectivity index (χ3n) is 3.74. The van der Waals surface area contributed by atoms with Gasteiger partial charge in [-0.05, 0) is 17.7 Å². The van der Waals surface area contributed by atoms with Crippen LogP contribution in [-0.4, -0.2) is 44.2 Å². The maximum Gasteiger partial charge on any atom is 0.222 e. The molecule has 1 aliphatic rings. The van der Waals surface area contributed by atoms with Gasteiger partial charge in [0.2, 0.25) is 5.91 Å². The number of rotatable bonds is 5. The van der Waals surface area contributed by atoms with E-state index in [-0.39, 0.29) is 5.92 Å². The Balaban J connectivity index is 2.18. The van der Waals surface area contributed by atoms with Gasteiger partial charge in [0.05, 0.1) is 12.5 Å². The van der Waals surface area contributed by atoms with Crippen molar-refractivity contribution in [1.82, 2.24) is 4.90 Å². The Labute approximate surface area is 116 Å². The number of likely N-dealkylation sites (tertiary alicyclic amines) is 1. The standard InChI is InChI=1S/C14H18F2N2O2/c1-20-5-4-18-7-10(11(8-18)14(17)19)9-2-3-12(15)13(16)6-9/h2-3,6,10-11H,4-5,7-8H2,1H3,(H2,17,19)/t10-,11+/m0/s1. The number of primary amides is 1. The lowest BCUT2D eigenvalue weighted by atomic mass is 9.88. The Morgan fingerprint density at radius 1 is 1.40 bits per heavy atom. The highest BCUT2D eigenvalue weighted by Crippen LogP contribution is 2.33. The highest BCUT2D eigenvalue weighted by atomic mass is 19.2. The zero-order valence-corrected chi connectivity index (χ0v) is 11.3. The average Bonchev–Trinajstić information content (AvgIpc) is 2.84. The minimum Gasteiger partial charge on any atom is -0.383 e. The molecule has 110 valence electrons. The molecule has 2 rings (SSSR count). The van der Waals surface area contributed by atoms with Crippen molar-refractivity contribution in [1.29, 1.82) is 0 Å². The van der Waals surface area contributed by atoms with E-state index in [1.165, 1.54) is 6.07 Å². The van der Waals surface area contributed by atoms with Gasteiger partial charge in [-0.15, -0.1) is 0 Å². The molecule has 1 fully saturated rings. The molecule has 0 saturated carbocycles. The molecule has 0 spiro atoms. The minimum absolute atomic E-state index is 0.209. The second-order valence-electron chi connectivity index (χ2n) is 5.04. The fraction of sp³-hybridized carbons (Fsp3) is 0.500. The molecule has 0 aromatic heterocycles. The summed E-state index contributed by atoms with van der Waals surface area (Å²) in [5, 5.41) is 0. The Kier molecular flexibility index (Phi) is 4.67. The van der Waals surface area contributed by atoms with Gasteiger partial charge < -0.3 is 10.5 Å². The first-order chi connectivity index (χ1) is 9.52. The van der Waals surface area contributed by atoms with Gasteiger partial charge in [-0.25, -0.2) is 8.78 Å². The van der Waals surface area contributed by atoms with Gasteiger partial charge in [0.15, 0.2) is 11.6 Å². The van der Waals surface area contributed by atoms with Crippen molar-refractivity contribution >= 4 is 5.91 Å². The fourth-order valence-corrected chi connectivity index (χ4v) is 2.66. The average molecular weight is 284 g/mol. The first-order valence-electron chi connectivity index (χ1n) is 6.48. The number of nitrogens with two attached hydrogens (primary N) is 1. The van der Waals surface area contributed by atoms with Crippen molar-refractivity contribution in [2.45, 2.75) is 5.92 Å². The van der Waals surface area contributed by atoms with Gasteiger partial charge in [-0.1, -0.05) is 6.07 Å². The van der Waals surface area contributed by atoms with E-state index < -0.39 is 23.5 Å². The molecule has 2 N–H and O–H groups in total. The Hall–Kier alpha value is -1.53. The van der Waals surface area contributed by atoms with Crippen molar-refractivity contribution in [3.8, 4) is 0 Å². The van der Waals surface area contributed by atoms with E-state index in [1.807, 2.05) is 4.90 Å². The molecule has 0 unspecified atom stereocenters. The lowest BCUT2D eigenvalue weighted by molar-refractivity contribution is -0.121. The molecule has 0 radical (unpaired) electrons. The first kappa shape index (κ1) is 14.9. The molecular formula is C14H18F2N2O2. The normalized spacial score (nSPS) is 23.1. The van der Waals surface area contributed by atoms with E-state index in [0.29, 0.717) is 31.8 Å². The van der Waals surface area contributed by atoms with Crippen LogP contribution in [0, 0.1) is 17.6 Å². The van der Waals surface area contributed by atoms with Crippen LogP contribution in [0.5, 0.6) is 0 Å². The van der Waals surface area contributed by atoms with E-state index in [4.69, 9.17) is 10.5 Å². The largest absolute Gasteiger partial charge is 0.383 e. The summed E-state index contributed by atoms with van der Waals surface area (Å²) in [5.41, 5.74) is 6.02. The third-order valence-corrected chi connectivity index (χ3v) is 3.74. The van der Waals surface area contributed by atoms with Gasteiger partial charge in [-0.3, -0.25) is 9.69 Å². The molecule has 6 heteroatoms. The number of hydrogen-bond donors (Lipinski definition) is 1. The van der Waals surface area contributed by atoms with Crippen LogP contribution < -0.4 is 5.73 Å².